The molecule has 0 saturated carbocycles. The Morgan fingerprint density at radius 2 is 1.95 bits per heavy atom. The minimum atomic E-state index is -1.75. The molecule has 0 bridgehead atoms. The summed E-state index contributed by atoms with van der Waals surface area (Å²) in [5.74, 6) is -0.381. The topological polar surface area (TPSA) is 113 Å². The van der Waals surface area contributed by atoms with E-state index in [4.69, 9.17) is 36.8 Å². The van der Waals surface area contributed by atoms with Crippen molar-refractivity contribution in [1.29, 1.82) is 0 Å². The highest BCUT2D eigenvalue weighted by atomic mass is 35.5. The molecule has 0 aromatic carbocycles. The summed E-state index contributed by atoms with van der Waals surface area (Å²) >= 11 is 6.10. The second-order valence-corrected chi connectivity index (χ2v) is 5.09. The van der Waals surface area contributed by atoms with Gasteiger partial charge < -0.3 is 29.6 Å². The van der Waals surface area contributed by atoms with Crippen LogP contribution in [0.25, 0.3) is 0 Å². The maximum absolute atomic E-state index is 11.1. The molecule has 9 heteroatoms. The van der Waals surface area contributed by atoms with Crippen LogP contribution in [0, 0.1) is 15.3 Å². The summed E-state index contributed by atoms with van der Waals surface area (Å²) in [4.78, 5) is 19.4. The van der Waals surface area contributed by atoms with E-state index in [1.54, 1.807) is 6.92 Å². The van der Waals surface area contributed by atoms with Gasteiger partial charge in [0, 0.05) is 12.0 Å². The third-order valence-corrected chi connectivity index (χ3v) is 3.12. The Hall–Kier alpha value is -1.38. The first-order chi connectivity index (χ1) is 9.04. The number of carbonyl (C=O) groups excluding carboxylic acids is 1. The second-order valence-electron chi connectivity index (χ2n) is 4.59. The predicted molar refractivity (Wildman–Crippen MR) is 74.5 cm³/mol. The Kier molecular flexibility index (Phi) is 10.9. The van der Waals surface area contributed by atoms with Gasteiger partial charge in [0.15, 0.2) is 5.50 Å². The molecule has 1 unspecified atom stereocenters. The fourth-order valence-corrected chi connectivity index (χ4v) is 1.29. The van der Waals surface area contributed by atoms with E-state index < -0.39 is 5.09 Å². The van der Waals surface area contributed by atoms with Crippen molar-refractivity contribution in [2.24, 2.45) is 0 Å². The molecule has 0 rings (SSSR count). The molecule has 0 radical (unpaired) electrons. The number of nitrogens with zero attached hydrogens (tertiary/aromatic N) is 2. The number of ether oxygens (including phenoxy) is 1. The molecule has 0 aliphatic carbocycles. The maximum atomic E-state index is 11.1. The summed E-state index contributed by atoms with van der Waals surface area (Å²) in [6.07, 6.45) is 0.517. The van der Waals surface area contributed by atoms with Gasteiger partial charge in [-0.05, 0) is 6.92 Å². The Labute approximate surface area is 122 Å². The minimum absolute atomic E-state index is 0.0569. The Bertz CT molecular complexity index is 331. The Balaban J connectivity index is 0. The maximum Gasteiger partial charge on any atom is 0.333 e. The minimum Gasteiger partial charge on any atom is -0.456 e. The van der Waals surface area contributed by atoms with Crippen molar-refractivity contribution in [2.45, 2.75) is 18.8 Å². The highest BCUT2D eigenvalue weighted by Crippen LogP contribution is 2.14. The van der Waals surface area contributed by atoms with Gasteiger partial charge in [0.05, 0.1) is 25.8 Å². The molecular weight excluding hydrogens is 292 g/mol. The van der Waals surface area contributed by atoms with Gasteiger partial charge in [-0.25, -0.2) is 4.79 Å². The number of rotatable bonds is 7. The number of halogens is 1. The van der Waals surface area contributed by atoms with Crippen LogP contribution in [0.15, 0.2) is 12.2 Å². The SMILES string of the molecule is C=C(C)C(=O)OCC[N+](C)(C)C(Cl)CCO.O=[N+]([O-])[O-]. The van der Waals surface area contributed by atoms with Gasteiger partial charge in [0.2, 0.25) is 0 Å². The lowest BCUT2D eigenvalue weighted by Crippen LogP contribution is -2.48. The normalized spacial score (nSPS) is 11.8. The number of hydrogen-bond acceptors (Lipinski definition) is 6. The first-order valence-electron chi connectivity index (χ1n) is 5.76. The summed E-state index contributed by atoms with van der Waals surface area (Å²) in [5.41, 5.74) is 0.205. The molecule has 0 aromatic rings. The standard InChI is InChI=1S/C11H21ClNO3.NO3/c1-9(2)11(15)16-8-6-13(3,4)10(12)5-7-14;2-1(3)4/h10,14H,1,5-8H2,2-4H3;/q+1;-1. The van der Waals surface area contributed by atoms with Crippen LogP contribution in [0.1, 0.15) is 13.3 Å². The van der Waals surface area contributed by atoms with Crippen LogP contribution < -0.4 is 0 Å². The highest BCUT2D eigenvalue weighted by molar-refractivity contribution is 6.19. The third-order valence-electron chi connectivity index (χ3n) is 2.37. The van der Waals surface area contributed by atoms with Crippen molar-refractivity contribution in [2.75, 3.05) is 33.9 Å². The van der Waals surface area contributed by atoms with E-state index in [2.05, 4.69) is 6.58 Å². The van der Waals surface area contributed by atoms with Crippen molar-refractivity contribution >= 4 is 17.6 Å². The van der Waals surface area contributed by atoms with E-state index in [9.17, 15) is 4.79 Å². The molecule has 8 nitrogen and oxygen atoms in total. The molecule has 1 N–H and O–H groups in total. The van der Waals surface area contributed by atoms with Crippen molar-refractivity contribution in [3.05, 3.63) is 27.5 Å². The molecule has 20 heavy (non-hydrogen) atoms. The number of quaternary nitrogens is 1. The van der Waals surface area contributed by atoms with Crippen molar-refractivity contribution in [3.8, 4) is 0 Å². The molecule has 0 aliphatic heterocycles. The summed E-state index contributed by atoms with van der Waals surface area (Å²) < 4.78 is 5.48. The van der Waals surface area contributed by atoms with Crippen molar-refractivity contribution in [1.82, 2.24) is 0 Å². The zero-order valence-corrected chi connectivity index (χ0v) is 12.6. The zero-order valence-electron chi connectivity index (χ0n) is 11.9. The van der Waals surface area contributed by atoms with Crippen LogP contribution in [-0.2, 0) is 9.53 Å². The average molecular weight is 313 g/mol. The van der Waals surface area contributed by atoms with Gasteiger partial charge in [-0.15, -0.1) is 0 Å². The van der Waals surface area contributed by atoms with E-state index in [1.165, 1.54) is 0 Å². The summed E-state index contributed by atoms with van der Waals surface area (Å²) in [7, 11) is 3.86. The van der Waals surface area contributed by atoms with Crippen LogP contribution in [0.2, 0.25) is 0 Å². The number of alkyl halides is 1. The van der Waals surface area contributed by atoms with E-state index in [0.717, 1.165) is 0 Å². The lowest BCUT2D eigenvalue weighted by molar-refractivity contribution is -0.902. The van der Waals surface area contributed by atoms with Gasteiger partial charge >= 0.3 is 5.97 Å². The van der Waals surface area contributed by atoms with Gasteiger partial charge in [-0.1, -0.05) is 18.2 Å². The van der Waals surface area contributed by atoms with Crippen LogP contribution in [0.4, 0.5) is 0 Å². The van der Waals surface area contributed by atoms with E-state index in [1.807, 2.05) is 14.1 Å². The molecule has 0 saturated heterocycles. The lowest BCUT2D eigenvalue weighted by atomic mass is 10.3. The summed E-state index contributed by atoms with van der Waals surface area (Å²) in [6.45, 7) is 6.07. The Morgan fingerprint density at radius 3 is 2.30 bits per heavy atom. The third kappa shape index (κ3) is 11.7. The van der Waals surface area contributed by atoms with Gasteiger partial charge in [0.1, 0.15) is 13.2 Å². The van der Waals surface area contributed by atoms with Crippen molar-refractivity contribution < 1.29 is 24.2 Å². The fourth-order valence-electron chi connectivity index (χ4n) is 1.09. The summed E-state index contributed by atoms with van der Waals surface area (Å²) in [6, 6.07) is 0. The first kappa shape index (κ1) is 20.9. The van der Waals surface area contributed by atoms with Crippen LogP contribution in [0.3, 0.4) is 0 Å². The van der Waals surface area contributed by atoms with Gasteiger partial charge in [-0.3, -0.25) is 0 Å². The van der Waals surface area contributed by atoms with Crippen LogP contribution >= 0.6 is 11.6 Å². The number of esters is 1. The monoisotopic (exact) mass is 312 g/mol. The lowest BCUT2D eigenvalue weighted by Gasteiger charge is -2.33. The number of carbonyl (C=O) groups is 1. The smallest absolute Gasteiger partial charge is 0.333 e. The molecule has 0 aliphatic rings. The number of hydrogen-bond donors (Lipinski definition) is 1. The quantitative estimate of drug-likeness (QED) is 0.142. The molecule has 0 aromatic heterocycles. The molecule has 0 heterocycles. The van der Waals surface area contributed by atoms with E-state index in [-0.39, 0.29) is 18.1 Å². The molecule has 0 amide bonds. The molecule has 0 fully saturated rings. The first-order valence-corrected chi connectivity index (χ1v) is 6.20. The largest absolute Gasteiger partial charge is 0.456 e. The summed E-state index contributed by atoms with van der Waals surface area (Å²) in [5, 5.41) is 23.5. The average Bonchev–Trinajstić information content (AvgIpc) is 2.27. The number of likely N-dealkylation sites (N-methyl/N-ethyl adjacent to an activating group) is 1. The van der Waals surface area contributed by atoms with Crippen LogP contribution in [-0.4, -0.2) is 60.0 Å². The van der Waals surface area contributed by atoms with E-state index in [0.29, 0.717) is 29.6 Å². The fraction of sp³-hybridized carbons (Fsp3) is 0.727. The molecule has 118 valence electrons. The van der Waals surface area contributed by atoms with Gasteiger partial charge in [0.25, 0.3) is 0 Å². The number of aliphatic hydroxyl groups is 1. The molecule has 1 atom stereocenters. The molecule has 0 spiro atoms. The predicted octanol–water partition coefficient (Wildman–Crippen LogP) is 0.890. The molecular formula is C11H21ClN2O6. The van der Waals surface area contributed by atoms with Crippen molar-refractivity contribution in [3.63, 3.8) is 0 Å². The van der Waals surface area contributed by atoms with Gasteiger partial charge in [-0.2, -0.15) is 0 Å². The zero-order chi connectivity index (χ0) is 16.3. The highest BCUT2D eigenvalue weighted by Gasteiger charge is 2.25. The Morgan fingerprint density at radius 1 is 1.50 bits per heavy atom. The number of aliphatic hydroxyl groups excluding tert-OH is 1. The second kappa shape index (κ2) is 10.4. The van der Waals surface area contributed by atoms with E-state index >= 15 is 0 Å². The van der Waals surface area contributed by atoms with Crippen LogP contribution in [0.5, 0.6) is 0 Å².